The van der Waals surface area contributed by atoms with Crippen LogP contribution in [0.5, 0.6) is 0 Å². The molecule has 2 nitrogen and oxygen atoms in total. The Bertz CT molecular complexity index is 621. The topological polar surface area (TPSA) is 23.5 Å². The van der Waals surface area contributed by atoms with E-state index in [1.807, 2.05) is 48.5 Å². The molecule has 1 fully saturated rings. The molecule has 4 heteroatoms. The molecule has 2 aromatic rings. The number of rotatable bonds is 4. The summed E-state index contributed by atoms with van der Waals surface area (Å²) in [5.74, 6) is 0. The van der Waals surface area contributed by atoms with Crippen LogP contribution in [-0.2, 0) is 0 Å². The maximum atomic E-state index is 11.0. The predicted octanol–water partition coefficient (Wildman–Crippen LogP) is 5.25. The van der Waals surface area contributed by atoms with E-state index in [1.165, 1.54) is 19.3 Å². The summed E-state index contributed by atoms with van der Waals surface area (Å²) >= 11 is 12.0. The van der Waals surface area contributed by atoms with E-state index in [1.54, 1.807) is 0 Å². The number of hydrogen-bond donors (Lipinski definition) is 1. The minimum absolute atomic E-state index is 0.0613. The zero-order chi connectivity index (χ0) is 16.2. The number of benzene rings is 2. The van der Waals surface area contributed by atoms with Crippen LogP contribution >= 0.6 is 23.2 Å². The van der Waals surface area contributed by atoms with Crippen molar-refractivity contribution in [1.29, 1.82) is 0 Å². The fourth-order valence-electron chi connectivity index (χ4n) is 3.29. The standard InChI is InChI=1S/C19H21Cl2NO/c20-16-8-4-14(5-9-16)18(22-12-2-1-3-13-22)19(23)15-6-10-17(21)11-7-15/h4-11,18-19,23H,1-3,12-13H2/t18-,19+/m0/s1. The highest BCUT2D eigenvalue weighted by Gasteiger charge is 2.29. The molecule has 2 aromatic carbocycles. The molecule has 0 bridgehead atoms. The highest BCUT2D eigenvalue weighted by molar-refractivity contribution is 6.30. The molecule has 122 valence electrons. The second-order valence-corrected chi connectivity index (χ2v) is 6.96. The third kappa shape index (κ3) is 4.07. The molecule has 0 unspecified atom stereocenters. The molecule has 0 amide bonds. The maximum absolute atomic E-state index is 11.0. The van der Waals surface area contributed by atoms with Crippen LogP contribution in [0.2, 0.25) is 10.0 Å². The summed E-state index contributed by atoms with van der Waals surface area (Å²) < 4.78 is 0. The fourth-order valence-corrected chi connectivity index (χ4v) is 3.54. The van der Waals surface area contributed by atoms with Crippen molar-refractivity contribution in [2.45, 2.75) is 31.4 Å². The molecule has 1 saturated heterocycles. The molecule has 1 N–H and O–H groups in total. The smallest absolute Gasteiger partial charge is 0.0986 e. The lowest BCUT2D eigenvalue weighted by Crippen LogP contribution is -2.37. The quantitative estimate of drug-likeness (QED) is 0.814. The first-order valence-corrected chi connectivity index (χ1v) is 8.84. The lowest BCUT2D eigenvalue weighted by atomic mass is 9.93. The SMILES string of the molecule is O[C@H](c1ccc(Cl)cc1)[C@H](c1ccc(Cl)cc1)N1CCCCC1. The van der Waals surface area contributed by atoms with Gasteiger partial charge < -0.3 is 5.11 Å². The molecule has 1 aliphatic heterocycles. The summed E-state index contributed by atoms with van der Waals surface area (Å²) in [5, 5.41) is 12.4. The minimum atomic E-state index is -0.591. The van der Waals surface area contributed by atoms with Gasteiger partial charge in [-0.05, 0) is 61.3 Å². The van der Waals surface area contributed by atoms with Crippen molar-refractivity contribution in [3.63, 3.8) is 0 Å². The van der Waals surface area contributed by atoms with Crippen molar-refractivity contribution in [3.05, 3.63) is 69.7 Å². The summed E-state index contributed by atoms with van der Waals surface area (Å²) in [6, 6.07) is 15.2. The molecule has 2 atom stereocenters. The Kier molecular flexibility index (Phi) is 5.60. The Morgan fingerprint density at radius 3 is 1.74 bits per heavy atom. The number of likely N-dealkylation sites (tertiary alicyclic amines) is 1. The molecule has 0 aliphatic carbocycles. The number of aliphatic hydroxyl groups is 1. The molecule has 3 rings (SSSR count). The molecule has 0 aromatic heterocycles. The molecular formula is C19H21Cl2NO. The van der Waals surface area contributed by atoms with E-state index in [0.29, 0.717) is 10.0 Å². The van der Waals surface area contributed by atoms with Gasteiger partial charge in [-0.1, -0.05) is 53.9 Å². The van der Waals surface area contributed by atoms with Gasteiger partial charge in [-0.15, -0.1) is 0 Å². The molecular weight excluding hydrogens is 329 g/mol. The van der Waals surface area contributed by atoms with Crippen molar-refractivity contribution in [2.75, 3.05) is 13.1 Å². The van der Waals surface area contributed by atoms with Gasteiger partial charge >= 0.3 is 0 Å². The summed E-state index contributed by atoms with van der Waals surface area (Å²) in [7, 11) is 0. The molecule has 0 radical (unpaired) electrons. The number of nitrogens with zero attached hydrogens (tertiary/aromatic N) is 1. The average molecular weight is 350 g/mol. The van der Waals surface area contributed by atoms with Gasteiger partial charge in [0.15, 0.2) is 0 Å². The Morgan fingerprint density at radius 1 is 0.739 bits per heavy atom. The van der Waals surface area contributed by atoms with Crippen molar-refractivity contribution >= 4 is 23.2 Å². The van der Waals surface area contributed by atoms with Crippen molar-refractivity contribution in [1.82, 2.24) is 4.90 Å². The number of hydrogen-bond acceptors (Lipinski definition) is 2. The van der Waals surface area contributed by atoms with Crippen LogP contribution < -0.4 is 0 Å². The van der Waals surface area contributed by atoms with E-state index >= 15 is 0 Å². The summed E-state index contributed by atoms with van der Waals surface area (Å²) in [6.07, 6.45) is 3.03. The lowest BCUT2D eigenvalue weighted by molar-refractivity contribution is 0.0362. The Hall–Kier alpha value is -1.06. The molecule has 0 spiro atoms. The molecule has 23 heavy (non-hydrogen) atoms. The van der Waals surface area contributed by atoms with Crippen molar-refractivity contribution < 1.29 is 5.11 Å². The first-order valence-electron chi connectivity index (χ1n) is 8.08. The van der Waals surface area contributed by atoms with E-state index in [9.17, 15) is 5.11 Å². The van der Waals surface area contributed by atoms with Crippen molar-refractivity contribution in [3.8, 4) is 0 Å². The Balaban J connectivity index is 1.93. The molecule has 1 heterocycles. The maximum Gasteiger partial charge on any atom is 0.0986 e. The Morgan fingerprint density at radius 2 is 1.22 bits per heavy atom. The summed E-state index contributed by atoms with van der Waals surface area (Å²) in [4.78, 5) is 2.38. The largest absolute Gasteiger partial charge is 0.386 e. The van der Waals surface area contributed by atoms with E-state index in [0.717, 1.165) is 24.2 Å². The van der Waals surface area contributed by atoms with Crippen LogP contribution in [0.1, 0.15) is 42.5 Å². The second kappa shape index (κ2) is 7.67. The zero-order valence-corrected chi connectivity index (χ0v) is 14.5. The van der Waals surface area contributed by atoms with Gasteiger partial charge in [0.1, 0.15) is 0 Å². The van der Waals surface area contributed by atoms with Crippen LogP contribution in [0.3, 0.4) is 0 Å². The van der Waals surface area contributed by atoms with Gasteiger partial charge in [0, 0.05) is 10.0 Å². The summed E-state index contributed by atoms with van der Waals surface area (Å²) in [6.45, 7) is 2.02. The number of halogens is 2. The summed E-state index contributed by atoms with van der Waals surface area (Å²) in [5.41, 5.74) is 1.98. The van der Waals surface area contributed by atoms with E-state index in [-0.39, 0.29) is 6.04 Å². The van der Waals surface area contributed by atoms with E-state index < -0.39 is 6.10 Å². The van der Waals surface area contributed by atoms with E-state index in [2.05, 4.69) is 4.90 Å². The first-order chi connectivity index (χ1) is 11.1. The molecule has 0 saturated carbocycles. The van der Waals surface area contributed by atoms with Crippen LogP contribution in [-0.4, -0.2) is 23.1 Å². The highest BCUT2D eigenvalue weighted by Crippen LogP contribution is 2.36. The van der Waals surface area contributed by atoms with Gasteiger partial charge in [0.05, 0.1) is 12.1 Å². The van der Waals surface area contributed by atoms with Gasteiger partial charge in [-0.2, -0.15) is 0 Å². The highest BCUT2D eigenvalue weighted by atomic mass is 35.5. The lowest BCUT2D eigenvalue weighted by Gasteiger charge is -2.37. The van der Waals surface area contributed by atoms with E-state index in [4.69, 9.17) is 23.2 Å². The van der Waals surface area contributed by atoms with Gasteiger partial charge in [-0.3, -0.25) is 4.90 Å². The van der Waals surface area contributed by atoms with Gasteiger partial charge in [0.2, 0.25) is 0 Å². The first kappa shape index (κ1) is 16.8. The number of piperidine rings is 1. The van der Waals surface area contributed by atoms with Gasteiger partial charge in [-0.25, -0.2) is 0 Å². The van der Waals surface area contributed by atoms with Crippen LogP contribution in [0, 0.1) is 0 Å². The van der Waals surface area contributed by atoms with Gasteiger partial charge in [0.25, 0.3) is 0 Å². The third-order valence-electron chi connectivity index (χ3n) is 4.51. The third-order valence-corrected chi connectivity index (χ3v) is 5.01. The van der Waals surface area contributed by atoms with Crippen LogP contribution in [0.4, 0.5) is 0 Å². The van der Waals surface area contributed by atoms with Crippen LogP contribution in [0.25, 0.3) is 0 Å². The second-order valence-electron chi connectivity index (χ2n) is 6.09. The minimum Gasteiger partial charge on any atom is -0.386 e. The van der Waals surface area contributed by atoms with Crippen molar-refractivity contribution in [2.24, 2.45) is 0 Å². The fraction of sp³-hybridized carbons (Fsp3) is 0.368. The predicted molar refractivity (Wildman–Crippen MR) is 96.0 cm³/mol. The monoisotopic (exact) mass is 349 g/mol. The molecule has 1 aliphatic rings. The normalized spacial score (nSPS) is 18.6. The average Bonchev–Trinajstić information content (AvgIpc) is 2.58. The zero-order valence-electron chi connectivity index (χ0n) is 13.0. The Labute approximate surface area is 147 Å². The van der Waals surface area contributed by atoms with Crippen LogP contribution in [0.15, 0.2) is 48.5 Å². The number of aliphatic hydroxyl groups excluding tert-OH is 1.